The van der Waals surface area contributed by atoms with E-state index < -0.39 is 0 Å². The van der Waals surface area contributed by atoms with E-state index in [0.717, 1.165) is 31.2 Å². The van der Waals surface area contributed by atoms with Crippen molar-refractivity contribution in [1.29, 1.82) is 0 Å². The smallest absolute Gasteiger partial charge is 0.194 e. The molecule has 0 bridgehead atoms. The van der Waals surface area contributed by atoms with Gasteiger partial charge in [-0.05, 0) is 12.8 Å². The zero-order valence-corrected chi connectivity index (χ0v) is 13.7. The average Bonchev–Trinajstić information content (AvgIpc) is 2.97. The molecule has 7 nitrogen and oxygen atoms in total. The second kappa shape index (κ2) is 8.14. The monoisotopic (exact) mass is 309 g/mol. The first-order chi connectivity index (χ1) is 10.6. The minimum atomic E-state index is 0.0153. The molecule has 2 heterocycles. The summed E-state index contributed by atoms with van der Waals surface area (Å²) in [6.45, 7) is 7.88. The quantitative estimate of drug-likeness (QED) is 0.608. The molecule has 0 radical (unpaired) electrons. The summed E-state index contributed by atoms with van der Waals surface area (Å²) >= 11 is 0. The van der Waals surface area contributed by atoms with E-state index in [4.69, 9.17) is 9.84 Å². The maximum Gasteiger partial charge on any atom is 0.194 e. The van der Waals surface area contributed by atoms with Gasteiger partial charge in [-0.3, -0.25) is 9.67 Å². The van der Waals surface area contributed by atoms with E-state index in [2.05, 4.69) is 27.2 Å². The van der Waals surface area contributed by atoms with Crippen LogP contribution in [0.25, 0.3) is 0 Å². The van der Waals surface area contributed by atoms with Crippen LogP contribution >= 0.6 is 0 Å². The van der Waals surface area contributed by atoms with Crippen LogP contribution in [-0.2, 0) is 11.8 Å². The highest BCUT2D eigenvalue weighted by Crippen LogP contribution is 2.21. The SMILES string of the molecule is CCNC(=NCC(C)CO)N1CCOC(c2cnn(C)c2)C1. The molecule has 1 aromatic rings. The van der Waals surface area contributed by atoms with Crippen LogP contribution in [0.3, 0.4) is 0 Å². The third-order valence-corrected chi connectivity index (χ3v) is 3.66. The van der Waals surface area contributed by atoms with Crippen LogP contribution in [0.4, 0.5) is 0 Å². The lowest BCUT2D eigenvalue weighted by Gasteiger charge is -2.35. The summed E-state index contributed by atoms with van der Waals surface area (Å²) in [5.74, 6) is 1.06. The molecule has 1 aromatic heterocycles. The van der Waals surface area contributed by atoms with Gasteiger partial charge in [0.1, 0.15) is 6.10 Å². The number of morpholine rings is 1. The number of aliphatic hydroxyl groups excluding tert-OH is 1. The highest BCUT2D eigenvalue weighted by atomic mass is 16.5. The predicted octanol–water partition coefficient (Wildman–Crippen LogP) is 0.387. The van der Waals surface area contributed by atoms with E-state index in [0.29, 0.717) is 13.2 Å². The second-order valence-electron chi connectivity index (χ2n) is 5.74. The lowest BCUT2D eigenvalue weighted by atomic mass is 10.1. The maximum absolute atomic E-state index is 9.15. The number of nitrogens with one attached hydrogen (secondary N) is 1. The Morgan fingerprint density at radius 3 is 3.09 bits per heavy atom. The van der Waals surface area contributed by atoms with E-state index in [1.54, 1.807) is 4.68 Å². The Bertz CT molecular complexity index is 488. The molecule has 7 heteroatoms. The van der Waals surface area contributed by atoms with Gasteiger partial charge in [0, 0.05) is 45.0 Å². The molecule has 2 atom stereocenters. The molecular formula is C15H27N5O2. The van der Waals surface area contributed by atoms with Crippen molar-refractivity contribution in [3.8, 4) is 0 Å². The van der Waals surface area contributed by atoms with Crippen molar-refractivity contribution in [2.24, 2.45) is 18.0 Å². The van der Waals surface area contributed by atoms with Crippen LogP contribution in [-0.4, -0.2) is 65.1 Å². The lowest BCUT2D eigenvalue weighted by Crippen LogP contribution is -2.48. The molecule has 0 spiro atoms. The number of hydrogen-bond donors (Lipinski definition) is 2. The zero-order chi connectivity index (χ0) is 15.9. The fourth-order valence-corrected chi connectivity index (χ4v) is 2.38. The standard InChI is InChI=1S/C15H27N5O2/c1-4-16-15(17-7-12(2)11-21)20-5-6-22-14(10-20)13-8-18-19(3)9-13/h8-9,12,14,21H,4-7,10-11H2,1-3H3,(H,16,17). The molecule has 0 aliphatic carbocycles. The summed E-state index contributed by atoms with van der Waals surface area (Å²) in [6, 6.07) is 0. The molecule has 1 aliphatic heterocycles. The Labute approximate surface area is 132 Å². The van der Waals surface area contributed by atoms with E-state index >= 15 is 0 Å². The van der Waals surface area contributed by atoms with Crippen molar-refractivity contribution < 1.29 is 9.84 Å². The van der Waals surface area contributed by atoms with Gasteiger partial charge in [-0.25, -0.2) is 0 Å². The van der Waals surface area contributed by atoms with Crippen molar-refractivity contribution in [1.82, 2.24) is 20.0 Å². The summed E-state index contributed by atoms with van der Waals surface area (Å²) < 4.78 is 7.66. The number of rotatable bonds is 5. The minimum Gasteiger partial charge on any atom is -0.396 e. The normalized spacial score (nSPS) is 21.0. The Morgan fingerprint density at radius 1 is 1.64 bits per heavy atom. The summed E-state index contributed by atoms with van der Waals surface area (Å²) in [5, 5.41) is 16.7. The fraction of sp³-hybridized carbons (Fsp3) is 0.733. The molecule has 0 aromatic carbocycles. The summed E-state index contributed by atoms with van der Waals surface area (Å²) in [5.41, 5.74) is 1.09. The van der Waals surface area contributed by atoms with E-state index in [1.807, 2.05) is 26.4 Å². The van der Waals surface area contributed by atoms with E-state index in [1.165, 1.54) is 0 Å². The molecule has 1 saturated heterocycles. The number of guanidine groups is 1. The molecule has 1 fully saturated rings. The van der Waals surface area contributed by atoms with Gasteiger partial charge in [0.15, 0.2) is 5.96 Å². The molecule has 0 amide bonds. The minimum absolute atomic E-state index is 0.0153. The van der Waals surface area contributed by atoms with Gasteiger partial charge in [0.05, 0.1) is 19.3 Å². The summed E-state index contributed by atoms with van der Waals surface area (Å²) in [7, 11) is 1.91. The topological polar surface area (TPSA) is 74.9 Å². The summed E-state index contributed by atoms with van der Waals surface area (Å²) in [4.78, 5) is 6.85. The molecule has 1 aliphatic rings. The number of nitrogens with zero attached hydrogens (tertiary/aromatic N) is 4. The molecule has 124 valence electrons. The molecule has 2 N–H and O–H groups in total. The Hall–Kier alpha value is -1.60. The number of aliphatic imine (C=N–C) groups is 1. The molecule has 22 heavy (non-hydrogen) atoms. The van der Waals surface area contributed by atoms with Crippen molar-refractivity contribution in [3.63, 3.8) is 0 Å². The highest BCUT2D eigenvalue weighted by molar-refractivity contribution is 5.80. The van der Waals surface area contributed by atoms with Crippen LogP contribution in [0.2, 0.25) is 0 Å². The van der Waals surface area contributed by atoms with Gasteiger partial charge in [-0.1, -0.05) is 6.92 Å². The second-order valence-corrected chi connectivity index (χ2v) is 5.74. The lowest BCUT2D eigenvalue weighted by molar-refractivity contribution is -0.00807. The van der Waals surface area contributed by atoms with Gasteiger partial charge >= 0.3 is 0 Å². The number of aryl methyl sites for hydroxylation is 1. The Balaban J connectivity index is 2.04. The number of ether oxygens (including phenoxy) is 1. The first-order valence-electron chi connectivity index (χ1n) is 7.88. The maximum atomic E-state index is 9.15. The molecule has 2 unspecified atom stereocenters. The Morgan fingerprint density at radius 2 is 2.45 bits per heavy atom. The van der Waals surface area contributed by atoms with E-state index in [-0.39, 0.29) is 18.6 Å². The van der Waals surface area contributed by atoms with Crippen molar-refractivity contribution >= 4 is 5.96 Å². The zero-order valence-electron chi connectivity index (χ0n) is 13.7. The van der Waals surface area contributed by atoms with Crippen molar-refractivity contribution in [3.05, 3.63) is 18.0 Å². The van der Waals surface area contributed by atoms with Crippen molar-refractivity contribution in [2.45, 2.75) is 20.0 Å². The third-order valence-electron chi connectivity index (χ3n) is 3.66. The van der Waals surface area contributed by atoms with Gasteiger partial charge < -0.3 is 20.1 Å². The van der Waals surface area contributed by atoms with Gasteiger partial charge in [0.2, 0.25) is 0 Å². The number of aliphatic hydroxyl groups is 1. The van der Waals surface area contributed by atoms with Crippen LogP contribution in [0, 0.1) is 5.92 Å². The van der Waals surface area contributed by atoms with Gasteiger partial charge in [-0.2, -0.15) is 5.10 Å². The first kappa shape index (κ1) is 16.8. The number of aromatic nitrogens is 2. The third kappa shape index (κ3) is 4.45. The molecular weight excluding hydrogens is 282 g/mol. The van der Waals surface area contributed by atoms with Crippen LogP contribution in [0.15, 0.2) is 17.4 Å². The fourth-order valence-electron chi connectivity index (χ4n) is 2.38. The highest BCUT2D eigenvalue weighted by Gasteiger charge is 2.25. The molecule has 2 rings (SSSR count). The van der Waals surface area contributed by atoms with Gasteiger partial charge in [0.25, 0.3) is 0 Å². The largest absolute Gasteiger partial charge is 0.396 e. The first-order valence-corrected chi connectivity index (χ1v) is 7.88. The predicted molar refractivity (Wildman–Crippen MR) is 85.7 cm³/mol. The number of hydrogen-bond acceptors (Lipinski definition) is 4. The van der Waals surface area contributed by atoms with Crippen LogP contribution < -0.4 is 5.32 Å². The summed E-state index contributed by atoms with van der Waals surface area (Å²) in [6.07, 6.45) is 3.86. The van der Waals surface area contributed by atoms with Crippen LogP contribution in [0.1, 0.15) is 25.5 Å². The van der Waals surface area contributed by atoms with Crippen molar-refractivity contribution in [2.75, 3.05) is 39.4 Å². The van der Waals surface area contributed by atoms with E-state index in [9.17, 15) is 0 Å². The average molecular weight is 309 g/mol. The Kier molecular flexibility index (Phi) is 6.21. The van der Waals surface area contributed by atoms with Crippen LogP contribution in [0.5, 0.6) is 0 Å². The van der Waals surface area contributed by atoms with Gasteiger partial charge in [-0.15, -0.1) is 0 Å². The molecule has 0 saturated carbocycles.